The molecule has 2 aliphatic rings. The maximum absolute atomic E-state index is 14.3. The molecule has 5 rings (SSSR count). The van der Waals surface area contributed by atoms with Gasteiger partial charge in [-0.2, -0.15) is 4.31 Å². The number of carbonyl (C=O) groups excluding carboxylic acids is 1. The van der Waals surface area contributed by atoms with Gasteiger partial charge in [0.1, 0.15) is 6.10 Å². The number of fused-ring (bicyclic) bond motifs is 2. The summed E-state index contributed by atoms with van der Waals surface area (Å²) in [6, 6.07) is 13.2. The van der Waals surface area contributed by atoms with E-state index in [1.54, 1.807) is 13.0 Å². The Labute approximate surface area is 282 Å². The van der Waals surface area contributed by atoms with Crippen LogP contribution in [-0.2, 0) is 30.7 Å². The molecular formula is C35H48N4O8S. The summed E-state index contributed by atoms with van der Waals surface area (Å²) < 4.78 is 46.6. The van der Waals surface area contributed by atoms with Crippen LogP contribution in [0.4, 0.5) is 4.79 Å². The number of aliphatic imine (C=N–C) groups is 1. The van der Waals surface area contributed by atoms with Crippen molar-refractivity contribution in [1.82, 2.24) is 14.6 Å². The van der Waals surface area contributed by atoms with Crippen LogP contribution in [0.15, 0.2) is 58.4 Å². The van der Waals surface area contributed by atoms with Gasteiger partial charge in [-0.15, -0.1) is 0 Å². The Morgan fingerprint density at radius 3 is 2.67 bits per heavy atom. The molecular weight excluding hydrogens is 636 g/mol. The molecule has 5 atom stereocenters. The van der Waals surface area contributed by atoms with E-state index in [-0.39, 0.29) is 55.0 Å². The van der Waals surface area contributed by atoms with Gasteiger partial charge in [0.15, 0.2) is 12.2 Å². The second-order valence-electron chi connectivity index (χ2n) is 13.1. The van der Waals surface area contributed by atoms with E-state index < -0.39 is 34.4 Å². The highest BCUT2D eigenvalue weighted by Crippen LogP contribution is 2.33. The van der Waals surface area contributed by atoms with Gasteiger partial charge in [-0.3, -0.25) is 4.99 Å². The number of ether oxygens (including phenoxy) is 3. The number of carbonyl (C=O) groups is 1. The van der Waals surface area contributed by atoms with E-state index in [0.717, 1.165) is 24.8 Å². The fourth-order valence-electron chi connectivity index (χ4n) is 6.35. The van der Waals surface area contributed by atoms with Gasteiger partial charge in [0.05, 0.1) is 41.7 Å². The molecule has 3 heterocycles. The number of sulfonamides is 1. The van der Waals surface area contributed by atoms with Gasteiger partial charge in [0.25, 0.3) is 0 Å². The van der Waals surface area contributed by atoms with Gasteiger partial charge in [-0.05, 0) is 55.9 Å². The molecule has 2 aromatic carbocycles. The van der Waals surface area contributed by atoms with Crippen LogP contribution in [0, 0.1) is 11.8 Å². The molecule has 1 amide bonds. The minimum absolute atomic E-state index is 0.0195. The molecule has 0 saturated carbocycles. The van der Waals surface area contributed by atoms with E-state index in [9.17, 15) is 23.4 Å². The van der Waals surface area contributed by atoms with Gasteiger partial charge < -0.3 is 34.7 Å². The molecule has 262 valence electrons. The first-order valence-corrected chi connectivity index (χ1v) is 18.2. The number of aliphatic hydroxyl groups is 1. The fourth-order valence-corrected chi connectivity index (χ4v) is 8.00. The molecule has 3 aromatic rings. The van der Waals surface area contributed by atoms with E-state index >= 15 is 0 Å². The second-order valence-corrected chi connectivity index (χ2v) is 15.0. The minimum Gasteiger partial charge on any atom is -0.494 e. The van der Waals surface area contributed by atoms with Crippen molar-refractivity contribution in [1.29, 1.82) is 0 Å². The molecule has 2 saturated heterocycles. The second kappa shape index (κ2) is 15.8. The number of aromatic nitrogens is 1. The summed E-state index contributed by atoms with van der Waals surface area (Å²) in [7, 11) is -4.14. The number of aromatic amines is 1. The van der Waals surface area contributed by atoms with Crippen molar-refractivity contribution in [2.45, 2.75) is 82.8 Å². The highest BCUT2D eigenvalue weighted by Gasteiger charge is 2.44. The first kappa shape index (κ1) is 35.8. The van der Waals surface area contributed by atoms with Crippen LogP contribution in [-0.4, -0.2) is 97.1 Å². The highest BCUT2D eigenvalue weighted by molar-refractivity contribution is 7.89. The maximum Gasteiger partial charge on any atom is 0.407 e. The number of rotatable bonds is 15. The molecule has 1 aromatic heterocycles. The van der Waals surface area contributed by atoms with Crippen molar-refractivity contribution in [2.24, 2.45) is 16.8 Å². The Balaban J connectivity index is 1.39. The summed E-state index contributed by atoms with van der Waals surface area (Å²) in [5, 5.41) is 25.7. The molecule has 4 N–H and O–H groups in total. The van der Waals surface area contributed by atoms with Crippen LogP contribution in [0.3, 0.4) is 0 Å². The highest BCUT2D eigenvalue weighted by atomic mass is 32.2. The Morgan fingerprint density at radius 1 is 1.17 bits per heavy atom. The van der Waals surface area contributed by atoms with Crippen molar-refractivity contribution in [3.8, 4) is 5.88 Å². The Kier molecular flexibility index (Phi) is 11.8. The lowest BCUT2D eigenvalue weighted by Crippen LogP contribution is -2.51. The van der Waals surface area contributed by atoms with Gasteiger partial charge in [-0.25, -0.2) is 13.2 Å². The molecule has 0 spiro atoms. The van der Waals surface area contributed by atoms with Crippen molar-refractivity contribution in [3.63, 3.8) is 0 Å². The van der Waals surface area contributed by atoms with E-state index in [1.165, 1.54) is 16.4 Å². The number of benzene rings is 2. The zero-order valence-corrected chi connectivity index (χ0v) is 28.9. The number of alkyl carbamates (subject to hydrolysis) is 1. The van der Waals surface area contributed by atoms with Crippen molar-refractivity contribution in [2.75, 3.05) is 32.8 Å². The zero-order valence-electron chi connectivity index (χ0n) is 28.1. The summed E-state index contributed by atoms with van der Waals surface area (Å²) in [6.45, 7) is 8.89. The van der Waals surface area contributed by atoms with Crippen LogP contribution >= 0.6 is 0 Å². The predicted molar refractivity (Wildman–Crippen MR) is 183 cm³/mol. The number of nitrogens with one attached hydrogen (secondary N) is 2. The Hall–Kier alpha value is -3.49. The SMILES string of the molecule is CCCCN=C(C)c1c(O)[nH]c2ccc(S(=O)(=O)N(CC(C)C)CC(O)C(Cc3ccccc3)NC(=O)OC3COC4OCCC34)cc12. The molecule has 0 aliphatic carbocycles. The Morgan fingerprint density at radius 2 is 1.94 bits per heavy atom. The largest absolute Gasteiger partial charge is 0.494 e. The average Bonchev–Trinajstić information content (AvgIpc) is 3.75. The molecule has 2 fully saturated rings. The van der Waals surface area contributed by atoms with E-state index in [2.05, 4.69) is 22.2 Å². The van der Waals surface area contributed by atoms with Crippen molar-refractivity contribution >= 4 is 32.7 Å². The number of nitrogens with zero attached hydrogens (tertiary/aromatic N) is 2. The monoisotopic (exact) mass is 684 g/mol. The topological polar surface area (TPSA) is 163 Å². The molecule has 5 unspecified atom stereocenters. The standard InChI is InChI=1S/C35H48N4O8S/c1-5-6-15-36-23(4)32-27-18-25(12-13-28(27)37-33(32)41)48(43,44)39(19-22(2)3)20-30(40)29(17-24-10-8-7-9-11-24)38-35(42)47-31-21-46-34-26(31)14-16-45-34/h7-13,18,22,26,29-31,34,37,40-41H,5-6,14-17,19-21H2,1-4H3,(H,38,42). The number of hydrogen-bond donors (Lipinski definition) is 4. The number of aromatic hydroxyl groups is 1. The first-order valence-electron chi connectivity index (χ1n) is 16.8. The third-order valence-corrected chi connectivity index (χ3v) is 10.7. The van der Waals surface area contributed by atoms with Gasteiger partial charge in [0.2, 0.25) is 10.0 Å². The number of aliphatic hydroxyl groups excluding tert-OH is 1. The van der Waals surface area contributed by atoms with Crippen LogP contribution < -0.4 is 5.32 Å². The van der Waals surface area contributed by atoms with Gasteiger partial charge >= 0.3 is 6.09 Å². The lowest BCUT2D eigenvalue weighted by Gasteiger charge is -2.31. The lowest BCUT2D eigenvalue weighted by molar-refractivity contribution is -0.0907. The predicted octanol–water partition coefficient (Wildman–Crippen LogP) is 4.59. The molecule has 0 radical (unpaired) electrons. The van der Waals surface area contributed by atoms with Gasteiger partial charge in [0, 0.05) is 36.2 Å². The molecule has 0 bridgehead atoms. The summed E-state index contributed by atoms with van der Waals surface area (Å²) >= 11 is 0. The average molecular weight is 685 g/mol. The number of amides is 1. The quantitative estimate of drug-likeness (QED) is 0.134. The zero-order chi connectivity index (χ0) is 34.4. The molecule has 12 nitrogen and oxygen atoms in total. The van der Waals surface area contributed by atoms with Crippen molar-refractivity contribution in [3.05, 3.63) is 59.7 Å². The normalized spacial score (nSPS) is 21.1. The molecule has 13 heteroatoms. The maximum atomic E-state index is 14.3. The minimum atomic E-state index is -4.14. The lowest BCUT2D eigenvalue weighted by atomic mass is 10.0. The smallest absolute Gasteiger partial charge is 0.407 e. The number of hydrogen-bond acceptors (Lipinski definition) is 9. The van der Waals surface area contributed by atoms with E-state index in [4.69, 9.17) is 14.2 Å². The van der Waals surface area contributed by atoms with Crippen LogP contribution in [0.1, 0.15) is 58.1 Å². The fraction of sp³-hybridized carbons (Fsp3) is 0.543. The summed E-state index contributed by atoms with van der Waals surface area (Å²) in [5.74, 6) is -0.190. The van der Waals surface area contributed by atoms with E-state index in [1.807, 2.05) is 44.2 Å². The first-order chi connectivity index (χ1) is 23.0. The van der Waals surface area contributed by atoms with Gasteiger partial charge in [-0.1, -0.05) is 57.5 Å². The van der Waals surface area contributed by atoms with E-state index in [0.29, 0.717) is 35.3 Å². The summed E-state index contributed by atoms with van der Waals surface area (Å²) in [5.41, 5.74) is 2.51. The van der Waals surface area contributed by atoms with Crippen LogP contribution in [0.25, 0.3) is 10.9 Å². The van der Waals surface area contributed by atoms with Crippen LogP contribution in [0.2, 0.25) is 0 Å². The molecule has 48 heavy (non-hydrogen) atoms. The summed E-state index contributed by atoms with van der Waals surface area (Å²) in [4.78, 5) is 20.7. The van der Waals surface area contributed by atoms with Crippen molar-refractivity contribution < 1.29 is 37.6 Å². The van der Waals surface area contributed by atoms with Crippen LogP contribution in [0.5, 0.6) is 5.88 Å². The number of H-pyrrole nitrogens is 1. The Bertz CT molecular complexity index is 1680. The third-order valence-electron chi connectivity index (χ3n) is 8.88. The summed E-state index contributed by atoms with van der Waals surface area (Å²) in [6.07, 6.45) is -0.00318. The number of unbranched alkanes of at least 4 members (excludes halogenated alkanes) is 1. The third kappa shape index (κ3) is 8.38. The molecule has 2 aliphatic heterocycles.